The molecule has 0 bridgehead atoms. The van der Waals surface area contributed by atoms with E-state index in [-0.39, 0.29) is 11.9 Å². The lowest BCUT2D eigenvalue weighted by atomic mass is 9.96. The third-order valence-corrected chi connectivity index (χ3v) is 4.54. The molecule has 100 valence electrons. The third-order valence-electron chi connectivity index (χ3n) is 4.54. The zero-order chi connectivity index (χ0) is 13.1. The van der Waals surface area contributed by atoms with E-state index in [0.29, 0.717) is 12.0 Å². The van der Waals surface area contributed by atoms with Crippen LogP contribution < -0.4 is 5.32 Å². The van der Waals surface area contributed by atoms with Crippen molar-refractivity contribution < 1.29 is 4.39 Å². The highest BCUT2D eigenvalue weighted by atomic mass is 19.1. The van der Waals surface area contributed by atoms with Gasteiger partial charge in [-0.25, -0.2) is 4.39 Å². The average Bonchev–Trinajstić information content (AvgIpc) is 2.67. The third kappa shape index (κ3) is 2.92. The summed E-state index contributed by atoms with van der Waals surface area (Å²) in [5.74, 6) is 1.38. The molecule has 2 heteroatoms. The van der Waals surface area contributed by atoms with Crippen LogP contribution in [0.1, 0.15) is 51.6 Å². The lowest BCUT2D eigenvalue weighted by Crippen LogP contribution is -2.35. The van der Waals surface area contributed by atoms with E-state index in [1.54, 1.807) is 12.1 Å². The van der Waals surface area contributed by atoms with E-state index in [0.717, 1.165) is 17.9 Å². The molecule has 1 fully saturated rings. The van der Waals surface area contributed by atoms with E-state index in [2.05, 4.69) is 26.1 Å². The summed E-state index contributed by atoms with van der Waals surface area (Å²) in [6, 6.07) is 7.84. The highest BCUT2D eigenvalue weighted by Gasteiger charge is 2.30. The molecule has 1 aliphatic carbocycles. The molecule has 2 rings (SSSR count). The van der Waals surface area contributed by atoms with Crippen molar-refractivity contribution in [1.29, 1.82) is 0 Å². The minimum Gasteiger partial charge on any atom is -0.307 e. The fourth-order valence-corrected chi connectivity index (χ4v) is 3.03. The van der Waals surface area contributed by atoms with Crippen molar-refractivity contribution in [2.75, 3.05) is 0 Å². The Morgan fingerprint density at radius 2 is 2.11 bits per heavy atom. The van der Waals surface area contributed by atoms with Gasteiger partial charge < -0.3 is 5.32 Å². The maximum Gasteiger partial charge on any atom is 0.123 e. The summed E-state index contributed by atoms with van der Waals surface area (Å²) in [6.07, 6.45) is 3.55. The van der Waals surface area contributed by atoms with Crippen LogP contribution in [0.5, 0.6) is 0 Å². The zero-order valence-electron chi connectivity index (χ0n) is 11.6. The molecule has 18 heavy (non-hydrogen) atoms. The van der Waals surface area contributed by atoms with Crippen molar-refractivity contribution in [2.24, 2.45) is 11.8 Å². The lowest BCUT2D eigenvalue weighted by molar-refractivity contribution is 0.335. The molecule has 1 aliphatic rings. The number of hydrogen-bond acceptors (Lipinski definition) is 1. The minimum absolute atomic E-state index is 0.138. The van der Waals surface area contributed by atoms with Gasteiger partial charge in [0.1, 0.15) is 5.82 Å². The average molecular weight is 249 g/mol. The first-order valence-corrected chi connectivity index (χ1v) is 7.13. The van der Waals surface area contributed by atoms with E-state index >= 15 is 0 Å². The van der Waals surface area contributed by atoms with Crippen molar-refractivity contribution in [3.8, 4) is 0 Å². The van der Waals surface area contributed by atoms with Crippen LogP contribution in [0.2, 0.25) is 0 Å². The molecule has 0 aliphatic heterocycles. The Labute approximate surface area is 110 Å². The standard InChI is InChI=1S/C16H24FN/c1-4-15(13-6-5-7-14(17)10-13)18-16-9-8-11(2)12(16)3/h5-7,10-12,15-16,18H,4,8-9H2,1-3H3. The van der Waals surface area contributed by atoms with Gasteiger partial charge in [0.15, 0.2) is 0 Å². The fraction of sp³-hybridized carbons (Fsp3) is 0.625. The van der Waals surface area contributed by atoms with Crippen LogP contribution in [-0.4, -0.2) is 6.04 Å². The number of nitrogens with one attached hydrogen (secondary N) is 1. The van der Waals surface area contributed by atoms with Gasteiger partial charge in [0, 0.05) is 12.1 Å². The molecular weight excluding hydrogens is 225 g/mol. The van der Waals surface area contributed by atoms with Crippen molar-refractivity contribution in [3.05, 3.63) is 35.6 Å². The second kappa shape index (κ2) is 5.83. The fourth-order valence-electron chi connectivity index (χ4n) is 3.03. The molecule has 4 atom stereocenters. The molecule has 0 heterocycles. The van der Waals surface area contributed by atoms with Crippen molar-refractivity contribution in [3.63, 3.8) is 0 Å². The van der Waals surface area contributed by atoms with Crippen molar-refractivity contribution >= 4 is 0 Å². The van der Waals surface area contributed by atoms with Gasteiger partial charge in [0.05, 0.1) is 0 Å². The monoisotopic (exact) mass is 249 g/mol. The molecule has 1 aromatic rings. The summed E-state index contributed by atoms with van der Waals surface area (Å²) < 4.78 is 13.3. The quantitative estimate of drug-likeness (QED) is 0.839. The zero-order valence-corrected chi connectivity index (χ0v) is 11.6. The van der Waals surface area contributed by atoms with Crippen LogP contribution in [0, 0.1) is 17.7 Å². The Balaban J connectivity index is 2.06. The highest BCUT2D eigenvalue weighted by Crippen LogP contribution is 2.33. The lowest BCUT2D eigenvalue weighted by Gasteiger charge is -2.26. The Morgan fingerprint density at radius 3 is 2.67 bits per heavy atom. The predicted octanol–water partition coefficient (Wildman–Crippen LogP) is 4.30. The summed E-state index contributed by atoms with van der Waals surface area (Å²) in [5, 5.41) is 3.72. The number of benzene rings is 1. The summed E-state index contributed by atoms with van der Waals surface area (Å²) in [6.45, 7) is 6.81. The molecule has 1 saturated carbocycles. The van der Waals surface area contributed by atoms with Gasteiger partial charge in [-0.1, -0.05) is 32.9 Å². The van der Waals surface area contributed by atoms with Crippen molar-refractivity contribution in [1.82, 2.24) is 5.32 Å². The summed E-state index contributed by atoms with van der Waals surface area (Å²) in [4.78, 5) is 0. The number of halogens is 1. The minimum atomic E-state index is -0.138. The normalized spacial score (nSPS) is 29.4. The maximum atomic E-state index is 13.3. The largest absolute Gasteiger partial charge is 0.307 e. The molecular formula is C16H24FN. The summed E-state index contributed by atoms with van der Waals surface area (Å²) in [7, 11) is 0. The molecule has 0 radical (unpaired) electrons. The Bertz CT molecular complexity index is 390. The van der Waals surface area contributed by atoms with E-state index in [9.17, 15) is 4.39 Å². The van der Waals surface area contributed by atoms with Gasteiger partial charge in [-0.15, -0.1) is 0 Å². The van der Waals surface area contributed by atoms with Gasteiger partial charge in [-0.05, 0) is 48.8 Å². The predicted molar refractivity (Wildman–Crippen MR) is 73.9 cm³/mol. The number of hydrogen-bond donors (Lipinski definition) is 1. The first kappa shape index (κ1) is 13.5. The Morgan fingerprint density at radius 1 is 1.33 bits per heavy atom. The topological polar surface area (TPSA) is 12.0 Å². The molecule has 1 aromatic carbocycles. The molecule has 0 saturated heterocycles. The van der Waals surface area contributed by atoms with Gasteiger partial charge in [-0.2, -0.15) is 0 Å². The molecule has 1 nitrogen and oxygen atoms in total. The molecule has 0 spiro atoms. The van der Waals surface area contributed by atoms with Crippen molar-refractivity contribution in [2.45, 2.75) is 52.1 Å². The Hall–Kier alpha value is -0.890. The highest BCUT2D eigenvalue weighted by molar-refractivity contribution is 5.20. The second-order valence-electron chi connectivity index (χ2n) is 5.70. The van der Waals surface area contributed by atoms with Gasteiger partial charge in [0.25, 0.3) is 0 Å². The van der Waals surface area contributed by atoms with E-state index in [4.69, 9.17) is 0 Å². The van der Waals surface area contributed by atoms with E-state index in [1.165, 1.54) is 18.9 Å². The number of rotatable bonds is 4. The van der Waals surface area contributed by atoms with E-state index < -0.39 is 0 Å². The van der Waals surface area contributed by atoms with Crippen LogP contribution in [0.15, 0.2) is 24.3 Å². The summed E-state index contributed by atoms with van der Waals surface area (Å²) >= 11 is 0. The van der Waals surface area contributed by atoms with Gasteiger partial charge in [-0.3, -0.25) is 0 Å². The first-order valence-electron chi connectivity index (χ1n) is 7.13. The van der Waals surface area contributed by atoms with Crippen LogP contribution in [0.3, 0.4) is 0 Å². The Kier molecular flexibility index (Phi) is 4.39. The first-order chi connectivity index (χ1) is 8.61. The van der Waals surface area contributed by atoms with Gasteiger partial charge >= 0.3 is 0 Å². The maximum absolute atomic E-state index is 13.3. The molecule has 4 unspecified atom stereocenters. The van der Waals surface area contributed by atoms with E-state index in [1.807, 2.05) is 6.07 Å². The second-order valence-corrected chi connectivity index (χ2v) is 5.70. The SMILES string of the molecule is CCC(NC1CCC(C)C1C)c1cccc(F)c1. The van der Waals surface area contributed by atoms with Crippen LogP contribution in [-0.2, 0) is 0 Å². The van der Waals surface area contributed by atoms with Crippen LogP contribution >= 0.6 is 0 Å². The smallest absolute Gasteiger partial charge is 0.123 e. The molecule has 0 aromatic heterocycles. The summed E-state index contributed by atoms with van der Waals surface area (Å²) in [5.41, 5.74) is 1.07. The van der Waals surface area contributed by atoms with Crippen LogP contribution in [0.25, 0.3) is 0 Å². The molecule has 0 amide bonds. The van der Waals surface area contributed by atoms with Crippen LogP contribution in [0.4, 0.5) is 4.39 Å². The molecule has 1 N–H and O–H groups in total. The van der Waals surface area contributed by atoms with Gasteiger partial charge in [0.2, 0.25) is 0 Å².